The Balaban J connectivity index is 2.15. The average Bonchev–Trinajstić information content (AvgIpc) is 2.41. The third-order valence-corrected chi connectivity index (χ3v) is 3.08. The highest BCUT2D eigenvalue weighted by molar-refractivity contribution is 5.73. The van der Waals surface area contributed by atoms with E-state index in [1.807, 2.05) is 6.07 Å². The van der Waals surface area contributed by atoms with Gasteiger partial charge in [-0.3, -0.25) is 9.69 Å². The third kappa shape index (κ3) is 3.08. The number of nitriles is 1. The lowest BCUT2D eigenvalue weighted by molar-refractivity contribution is -0.150. The molecule has 0 radical (unpaired) electrons. The Kier molecular flexibility index (Phi) is 4.10. The van der Waals surface area contributed by atoms with Gasteiger partial charge in [-0.2, -0.15) is 5.26 Å². The smallest absolute Gasteiger partial charge is 0.323 e. The number of ether oxygens (including phenoxy) is 1. The molecule has 0 saturated carbocycles. The molecule has 1 heterocycles. The quantitative estimate of drug-likeness (QED) is 0.881. The first-order chi connectivity index (χ1) is 9.11. The minimum absolute atomic E-state index is 0.104. The summed E-state index contributed by atoms with van der Waals surface area (Å²) >= 11 is 0. The van der Waals surface area contributed by atoms with Crippen LogP contribution in [0, 0.1) is 17.1 Å². The van der Waals surface area contributed by atoms with Gasteiger partial charge in [0.05, 0.1) is 24.8 Å². The second-order valence-electron chi connectivity index (χ2n) is 4.32. The van der Waals surface area contributed by atoms with Crippen LogP contribution in [0.2, 0.25) is 0 Å². The molecule has 1 aromatic rings. The highest BCUT2D eigenvalue weighted by atomic mass is 19.1. The summed E-state index contributed by atoms with van der Waals surface area (Å²) in [5.74, 6) is -1.47. The van der Waals surface area contributed by atoms with Crippen LogP contribution in [0.4, 0.5) is 4.39 Å². The van der Waals surface area contributed by atoms with Crippen molar-refractivity contribution in [2.75, 3.05) is 19.8 Å². The first kappa shape index (κ1) is 13.5. The zero-order valence-electron chi connectivity index (χ0n) is 10.2. The molecule has 6 heteroatoms. The maximum atomic E-state index is 13.8. The van der Waals surface area contributed by atoms with E-state index < -0.39 is 17.8 Å². The fourth-order valence-corrected chi connectivity index (χ4v) is 2.02. The van der Waals surface area contributed by atoms with Crippen LogP contribution in [0.25, 0.3) is 0 Å². The molecule has 1 aliphatic rings. The largest absolute Gasteiger partial charge is 0.480 e. The van der Waals surface area contributed by atoms with E-state index in [1.54, 1.807) is 4.90 Å². The zero-order valence-corrected chi connectivity index (χ0v) is 10.2. The third-order valence-electron chi connectivity index (χ3n) is 3.08. The van der Waals surface area contributed by atoms with E-state index in [9.17, 15) is 9.18 Å². The van der Waals surface area contributed by atoms with Gasteiger partial charge < -0.3 is 9.84 Å². The molecule has 0 amide bonds. The summed E-state index contributed by atoms with van der Waals surface area (Å²) in [6, 6.07) is 5.29. The Morgan fingerprint density at radius 3 is 3.05 bits per heavy atom. The van der Waals surface area contributed by atoms with Gasteiger partial charge in [-0.15, -0.1) is 0 Å². The van der Waals surface area contributed by atoms with Gasteiger partial charge in [-0.1, -0.05) is 6.07 Å². The van der Waals surface area contributed by atoms with Crippen molar-refractivity contribution >= 4 is 5.97 Å². The normalized spacial score (nSPS) is 19.9. The molecule has 0 spiro atoms. The van der Waals surface area contributed by atoms with Crippen molar-refractivity contribution in [3.05, 3.63) is 35.1 Å². The predicted molar refractivity (Wildman–Crippen MR) is 63.8 cm³/mol. The molecule has 1 aliphatic heterocycles. The van der Waals surface area contributed by atoms with Crippen molar-refractivity contribution < 1.29 is 19.0 Å². The Bertz CT molecular complexity index is 527. The van der Waals surface area contributed by atoms with Crippen LogP contribution in [0.1, 0.15) is 11.1 Å². The van der Waals surface area contributed by atoms with Crippen LogP contribution >= 0.6 is 0 Å². The van der Waals surface area contributed by atoms with Gasteiger partial charge in [-0.25, -0.2) is 4.39 Å². The van der Waals surface area contributed by atoms with E-state index in [2.05, 4.69) is 0 Å². The molecule has 100 valence electrons. The van der Waals surface area contributed by atoms with Crippen LogP contribution in [0.15, 0.2) is 18.2 Å². The zero-order chi connectivity index (χ0) is 13.8. The Labute approximate surface area is 109 Å². The molecule has 1 saturated heterocycles. The van der Waals surface area contributed by atoms with E-state index in [4.69, 9.17) is 15.1 Å². The Morgan fingerprint density at radius 1 is 1.63 bits per heavy atom. The summed E-state index contributed by atoms with van der Waals surface area (Å²) in [5.41, 5.74) is 0.630. The van der Waals surface area contributed by atoms with Gasteiger partial charge in [0, 0.05) is 18.7 Å². The highest BCUT2D eigenvalue weighted by Gasteiger charge is 2.29. The summed E-state index contributed by atoms with van der Waals surface area (Å²) in [7, 11) is 0. The van der Waals surface area contributed by atoms with E-state index in [0.29, 0.717) is 18.7 Å². The topological polar surface area (TPSA) is 73.6 Å². The number of hydrogen-bond donors (Lipinski definition) is 1. The van der Waals surface area contributed by atoms with Gasteiger partial charge in [0.1, 0.15) is 11.9 Å². The summed E-state index contributed by atoms with van der Waals surface area (Å²) in [6.07, 6.45) is 0. The van der Waals surface area contributed by atoms with Crippen molar-refractivity contribution in [1.29, 1.82) is 5.26 Å². The van der Waals surface area contributed by atoms with Gasteiger partial charge >= 0.3 is 5.97 Å². The first-order valence-electron chi connectivity index (χ1n) is 5.85. The van der Waals surface area contributed by atoms with E-state index in [1.165, 1.54) is 12.1 Å². The van der Waals surface area contributed by atoms with E-state index >= 15 is 0 Å². The van der Waals surface area contributed by atoms with Gasteiger partial charge in [-0.05, 0) is 12.1 Å². The molecular formula is C13H13FN2O3. The monoisotopic (exact) mass is 264 g/mol. The minimum atomic E-state index is -0.978. The average molecular weight is 264 g/mol. The number of carboxylic acid groups (broad SMARTS) is 1. The number of carboxylic acids is 1. The molecule has 1 N–H and O–H groups in total. The van der Waals surface area contributed by atoms with Crippen molar-refractivity contribution in [1.82, 2.24) is 4.90 Å². The maximum Gasteiger partial charge on any atom is 0.323 e. The standard InChI is InChI=1S/C13H13FN2O3/c14-11-5-9(6-15)1-2-10(11)7-16-3-4-19-8-12(16)13(17)18/h1-2,5,12H,3-4,7-8H2,(H,17,18). The highest BCUT2D eigenvalue weighted by Crippen LogP contribution is 2.16. The maximum absolute atomic E-state index is 13.8. The fraction of sp³-hybridized carbons (Fsp3) is 0.385. The molecule has 0 bridgehead atoms. The number of hydrogen-bond acceptors (Lipinski definition) is 4. The SMILES string of the molecule is N#Cc1ccc(CN2CCOCC2C(=O)O)c(F)c1. The number of aliphatic carboxylic acids is 1. The molecule has 0 aliphatic carbocycles. The van der Waals surface area contributed by atoms with Crippen LogP contribution in [0.3, 0.4) is 0 Å². The molecule has 1 unspecified atom stereocenters. The van der Waals surface area contributed by atoms with E-state index in [0.717, 1.165) is 6.07 Å². The number of rotatable bonds is 3. The van der Waals surface area contributed by atoms with Crippen molar-refractivity contribution in [3.63, 3.8) is 0 Å². The van der Waals surface area contributed by atoms with Crippen LogP contribution < -0.4 is 0 Å². The van der Waals surface area contributed by atoms with Crippen molar-refractivity contribution in [3.8, 4) is 6.07 Å². The van der Waals surface area contributed by atoms with E-state index in [-0.39, 0.29) is 18.7 Å². The van der Waals surface area contributed by atoms with Crippen LogP contribution in [-0.4, -0.2) is 41.8 Å². The lowest BCUT2D eigenvalue weighted by Crippen LogP contribution is -2.49. The molecule has 5 nitrogen and oxygen atoms in total. The van der Waals surface area contributed by atoms with Crippen LogP contribution in [-0.2, 0) is 16.1 Å². The molecule has 2 rings (SSSR count). The van der Waals surface area contributed by atoms with Gasteiger partial charge in [0.2, 0.25) is 0 Å². The molecule has 1 fully saturated rings. The number of morpholine rings is 1. The summed E-state index contributed by atoms with van der Waals surface area (Å²) < 4.78 is 18.9. The Morgan fingerprint density at radius 2 is 2.42 bits per heavy atom. The molecule has 1 aromatic carbocycles. The molecule has 19 heavy (non-hydrogen) atoms. The summed E-state index contributed by atoms with van der Waals surface area (Å²) in [4.78, 5) is 12.7. The fourth-order valence-electron chi connectivity index (χ4n) is 2.02. The summed E-state index contributed by atoms with van der Waals surface area (Å²) in [6.45, 7) is 1.17. The molecule has 1 atom stereocenters. The van der Waals surface area contributed by atoms with Crippen LogP contribution in [0.5, 0.6) is 0 Å². The Hall–Kier alpha value is -1.97. The number of benzene rings is 1. The minimum Gasteiger partial charge on any atom is -0.480 e. The van der Waals surface area contributed by atoms with Gasteiger partial charge in [0.15, 0.2) is 0 Å². The lowest BCUT2D eigenvalue weighted by Gasteiger charge is -2.32. The second kappa shape index (κ2) is 5.78. The van der Waals surface area contributed by atoms with Crippen molar-refractivity contribution in [2.24, 2.45) is 0 Å². The number of nitrogens with zero attached hydrogens (tertiary/aromatic N) is 2. The number of carbonyl (C=O) groups is 1. The summed E-state index contributed by atoms with van der Waals surface area (Å²) in [5, 5.41) is 17.7. The van der Waals surface area contributed by atoms with Gasteiger partial charge in [0.25, 0.3) is 0 Å². The molecular weight excluding hydrogens is 251 g/mol. The van der Waals surface area contributed by atoms with Crippen molar-refractivity contribution in [2.45, 2.75) is 12.6 Å². The lowest BCUT2D eigenvalue weighted by atomic mass is 10.1. The predicted octanol–water partition coefficient (Wildman–Crippen LogP) is 0.983. The number of halogens is 1. The molecule has 0 aromatic heterocycles. The first-order valence-corrected chi connectivity index (χ1v) is 5.85. The second-order valence-corrected chi connectivity index (χ2v) is 4.32.